The van der Waals surface area contributed by atoms with E-state index < -0.39 is 47.7 Å². The number of alkyl carbamates (subject to hydrolysis) is 2. The molecule has 4 amide bonds. The maximum Gasteiger partial charge on any atom is 0.408 e. The van der Waals surface area contributed by atoms with Crippen LogP contribution in [0.25, 0.3) is 0 Å². The molecule has 5 N–H and O–H groups in total. The molecule has 0 saturated heterocycles. The molecule has 0 aliphatic heterocycles. The van der Waals surface area contributed by atoms with Crippen molar-refractivity contribution in [3.8, 4) is 5.75 Å². The van der Waals surface area contributed by atoms with E-state index in [1.54, 1.807) is 46.8 Å². The third-order valence-electron chi connectivity index (χ3n) is 7.23. The molecule has 0 heterocycles. The molecule has 3 aromatic carbocycles. The van der Waals surface area contributed by atoms with Crippen LogP contribution in [-0.2, 0) is 38.5 Å². The molecule has 0 fully saturated rings. The minimum atomic E-state index is -1.08. The third kappa shape index (κ3) is 12.7. The quantitative estimate of drug-likeness (QED) is 0.182. The summed E-state index contributed by atoms with van der Waals surface area (Å²) < 4.78 is 10.8. The number of phenols is 1. The summed E-state index contributed by atoms with van der Waals surface area (Å²) in [7, 11) is 0. The Bertz CT molecular complexity index is 1480. The van der Waals surface area contributed by atoms with Gasteiger partial charge in [-0.05, 0) is 87.9 Å². The van der Waals surface area contributed by atoms with Crippen molar-refractivity contribution in [2.24, 2.45) is 0 Å². The molecule has 11 nitrogen and oxygen atoms in total. The number of hydrogen-bond donors (Lipinski definition) is 5. The molecular weight excluding hydrogens is 600 g/mol. The predicted molar refractivity (Wildman–Crippen MR) is 179 cm³/mol. The number of aryl methyl sites for hydroxylation is 2. The van der Waals surface area contributed by atoms with Crippen LogP contribution in [0.1, 0.15) is 55.5 Å². The normalized spacial score (nSPS) is 13.0. The second kappa shape index (κ2) is 17.0. The molecule has 0 unspecified atom stereocenters. The fourth-order valence-electron chi connectivity index (χ4n) is 4.92. The van der Waals surface area contributed by atoms with Crippen molar-refractivity contribution in [2.75, 3.05) is 6.54 Å². The van der Waals surface area contributed by atoms with Crippen LogP contribution in [0.4, 0.5) is 9.59 Å². The Morgan fingerprint density at radius 2 is 1.34 bits per heavy atom. The largest absolute Gasteiger partial charge is 0.508 e. The summed E-state index contributed by atoms with van der Waals surface area (Å²) in [5.74, 6) is -0.975. The lowest BCUT2D eigenvalue weighted by Crippen LogP contribution is -2.55. The van der Waals surface area contributed by atoms with E-state index >= 15 is 0 Å². The van der Waals surface area contributed by atoms with E-state index in [9.17, 15) is 24.3 Å². The number of hydrogen-bond acceptors (Lipinski definition) is 7. The maximum atomic E-state index is 13.5. The van der Waals surface area contributed by atoms with Crippen LogP contribution in [0, 0.1) is 13.8 Å². The van der Waals surface area contributed by atoms with Gasteiger partial charge in [-0.15, -0.1) is 0 Å². The minimum Gasteiger partial charge on any atom is -0.508 e. The molecule has 0 spiro atoms. The van der Waals surface area contributed by atoms with E-state index in [4.69, 9.17) is 9.47 Å². The fraction of sp³-hybridized carbons (Fsp3) is 0.389. The van der Waals surface area contributed by atoms with Crippen molar-refractivity contribution in [1.29, 1.82) is 0 Å². The standard InChI is InChI=1S/C36H46N4O7/c1-23-17-29(41)18-24(2)30(23)20-31(40-35(45)47-36(4,5)6)33(43)38-25(3)32(42)37-21-28(19-26-13-9-7-10-14-26)39-34(44)46-22-27-15-11-8-12-16-27/h7-18,25,28,31,41H,19-22H2,1-6H3,(H,37,42)(H,38,43)(H,39,44)(H,40,45)/t25-,28+,31+/m1/s1. The zero-order chi connectivity index (χ0) is 34.6. The Hall–Kier alpha value is -5.06. The Morgan fingerprint density at radius 3 is 1.91 bits per heavy atom. The number of carbonyl (C=O) groups excluding carboxylic acids is 4. The molecule has 0 bridgehead atoms. The highest BCUT2D eigenvalue weighted by molar-refractivity contribution is 5.91. The van der Waals surface area contributed by atoms with E-state index in [-0.39, 0.29) is 25.3 Å². The number of carbonyl (C=O) groups is 4. The van der Waals surface area contributed by atoms with Crippen LogP contribution in [0.15, 0.2) is 72.8 Å². The first-order chi connectivity index (χ1) is 22.2. The van der Waals surface area contributed by atoms with Gasteiger partial charge in [0, 0.05) is 13.0 Å². The Kier molecular flexibility index (Phi) is 13.2. The van der Waals surface area contributed by atoms with Gasteiger partial charge in [0.15, 0.2) is 0 Å². The van der Waals surface area contributed by atoms with E-state index in [1.807, 2.05) is 60.7 Å². The van der Waals surface area contributed by atoms with Gasteiger partial charge in [-0.25, -0.2) is 9.59 Å². The zero-order valence-corrected chi connectivity index (χ0v) is 27.9. The van der Waals surface area contributed by atoms with Crippen LogP contribution < -0.4 is 21.3 Å². The second-order valence-corrected chi connectivity index (χ2v) is 12.5. The van der Waals surface area contributed by atoms with Crippen molar-refractivity contribution >= 4 is 24.0 Å². The van der Waals surface area contributed by atoms with Gasteiger partial charge >= 0.3 is 12.2 Å². The van der Waals surface area contributed by atoms with Gasteiger partial charge in [0.2, 0.25) is 11.8 Å². The number of phenolic OH excluding ortho intramolecular Hbond substituents is 1. The monoisotopic (exact) mass is 646 g/mol. The number of ether oxygens (including phenoxy) is 2. The van der Waals surface area contributed by atoms with E-state index in [0.29, 0.717) is 6.42 Å². The minimum absolute atomic E-state index is 0.0693. The third-order valence-corrected chi connectivity index (χ3v) is 7.23. The number of nitrogens with one attached hydrogen (secondary N) is 4. The van der Waals surface area contributed by atoms with E-state index in [0.717, 1.165) is 27.8 Å². The molecule has 0 aromatic heterocycles. The highest BCUT2D eigenvalue weighted by Gasteiger charge is 2.28. The molecule has 47 heavy (non-hydrogen) atoms. The zero-order valence-electron chi connectivity index (χ0n) is 27.9. The van der Waals surface area contributed by atoms with Crippen molar-refractivity contribution in [1.82, 2.24) is 21.3 Å². The van der Waals surface area contributed by atoms with Gasteiger partial charge in [0.05, 0.1) is 6.04 Å². The fourth-order valence-corrected chi connectivity index (χ4v) is 4.92. The Labute approximate surface area is 276 Å². The van der Waals surface area contributed by atoms with Crippen molar-refractivity contribution < 1.29 is 33.8 Å². The van der Waals surface area contributed by atoms with Crippen LogP contribution in [-0.4, -0.2) is 59.4 Å². The summed E-state index contributed by atoms with van der Waals surface area (Å²) in [5.41, 5.74) is 3.27. The number of aromatic hydroxyl groups is 1. The van der Waals surface area contributed by atoms with Gasteiger partial charge < -0.3 is 35.8 Å². The Balaban J connectivity index is 1.66. The van der Waals surface area contributed by atoms with E-state index in [2.05, 4.69) is 21.3 Å². The molecule has 0 aliphatic carbocycles. The summed E-state index contributed by atoms with van der Waals surface area (Å²) in [6.07, 6.45) is -0.875. The summed E-state index contributed by atoms with van der Waals surface area (Å²) in [6, 6.07) is 19.4. The van der Waals surface area contributed by atoms with Crippen LogP contribution >= 0.6 is 0 Å². The second-order valence-electron chi connectivity index (χ2n) is 12.5. The summed E-state index contributed by atoms with van der Waals surface area (Å²) in [4.78, 5) is 52.0. The van der Waals surface area contributed by atoms with Crippen molar-refractivity contribution in [3.05, 3.63) is 101 Å². The molecule has 0 radical (unpaired) electrons. The van der Waals surface area contributed by atoms with Gasteiger partial charge in [-0.2, -0.15) is 0 Å². The summed E-state index contributed by atoms with van der Waals surface area (Å²) in [6.45, 7) is 10.4. The van der Waals surface area contributed by atoms with Gasteiger partial charge in [0.25, 0.3) is 0 Å². The molecule has 3 rings (SSSR count). The summed E-state index contributed by atoms with van der Waals surface area (Å²) in [5, 5.41) is 20.9. The van der Waals surface area contributed by atoms with Crippen LogP contribution in [0.5, 0.6) is 5.75 Å². The Morgan fingerprint density at radius 1 is 0.766 bits per heavy atom. The van der Waals surface area contributed by atoms with Gasteiger partial charge in [-0.1, -0.05) is 60.7 Å². The smallest absolute Gasteiger partial charge is 0.408 e. The highest BCUT2D eigenvalue weighted by Crippen LogP contribution is 2.22. The summed E-state index contributed by atoms with van der Waals surface area (Å²) >= 11 is 0. The van der Waals surface area contributed by atoms with Gasteiger partial charge in [0.1, 0.15) is 30.0 Å². The first-order valence-corrected chi connectivity index (χ1v) is 15.6. The van der Waals surface area contributed by atoms with Crippen LogP contribution in [0.3, 0.4) is 0 Å². The molecule has 11 heteroatoms. The van der Waals surface area contributed by atoms with Gasteiger partial charge in [-0.3, -0.25) is 9.59 Å². The topological polar surface area (TPSA) is 155 Å². The first-order valence-electron chi connectivity index (χ1n) is 15.6. The van der Waals surface area contributed by atoms with Crippen LogP contribution in [0.2, 0.25) is 0 Å². The first kappa shape index (κ1) is 36.4. The molecular formula is C36H46N4O7. The molecule has 252 valence electrons. The lowest BCUT2D eigenvalue weighted by atomic mass is 9.95. The number of rotatable bonds is 13. The van der Waals surface area contributed by atoms with E-state index in [1.165, 1.54) is 6.92 Å². The maximum absolute atomic E-state index is 13.5. The lowest BCUT2D eigenvalue weighted by molar-refractivity contribution is -0.129. The molecule has 3 aromatic rings. The average molecular weight is 647 g/mol. The SMILES string of the molecule is Cc1cc(O)cc(C)c1C[C@H](NC(=O)OC(C)(C)C)C(=O)N[C@H](C)C(=O)NC[C@H](Cc1ccccc1)NC(=O)OCc1ccccc1. The number of benzene rings is 3. The predicted octanol–water partition coefficient (Wildman–Crippen LogP) is 4.60. The molecule has 3 atom stereocenters. The lowest BCUT2D eigenvalue weighted by Gasteiger charge is -2.25. The van der Waals surface area contributed by atoms with Crippen molar-refractivity contribution in [3.63, 3.8) is 0 Å². The number of amides is 4. The molecule has 0 saturated carbocycles. The molecule has 0 aliphatic rings. The highest BCUT2D eigenvalue weighted by atomic mass is 16.6. The van der Waals surface area contributed by atoms with Crippen molar-refractivity contribution in [2.45, 2.75) is 84.7 Å². The average Bonchev–Trinajstić information content (AvgIpc) is 2.99.